The van der Waals surface area contributed by atoms with Crippen LogP contribution >= 0.6 is 0 Å². The Morgan fingerprint density at radius 3 is 2.56 bits per heavy atom. The van der Waals surface area contributed by atoms with Crippen LogP contribution in [0.5, 0.6) is 5.75 Å². The van der Waals surface area contributed by atoms with Gasteiger partial charge in [-0.05, 0) is 75.0 Å². The Morgan fingerprint density at radius 2 is 1.82 bits per heavy atom. The van der Waals surface area contributed by atoms with Crippen LogP contribution in [0.15, 0.2) is 29.1 Å². The van der Waals surface area contributed by atoms with E-state index >= 15 is 0 Å². The molecule has 0 aliphatic carbocycles. The number of esters is 2. The Hall–Kier alpha value is -4.29. The van der Waals surface area contributed by atoms with Crippen molar-refractivity contribution in [1.82, 2.24) is 19.4 Å². The minimum absolute atomic E-state index is 0.207. The molecule has 7 rings (SSSR count). The quantitative estimate of drug-likeness (QED) is 0.333. The first-order valence-corrected chi connectivity index (χ1v) is 15.9. The maximum absolute atomic E-state index is 13.6. The highest BCUT2D eigenvalue weighted by atomic mass is 16.6. The van der Waals surface area contributed by atoms with Gasteiger partial charge in [0.1, 0.15) is 12.4 Å². The summed E-state index contributed by atoms with van der Waals surface area (Å²) in [4.78, 5) is 60.5. The standard InChI is InChI=1S/C33H37N5O7/c1-2-21-22-14-20(44-33(42)37-12-8-19(9-13-37)36-10-4-3-5-11-36)6-7-26(22)35-29-24(21)17-38-27(29)15-23-25(31(38)40)18-43-32(41)30(23)45-28(39)16-34/h6-7,14-15,19,30H,2-5,8-13,16-18,34H2,1H3/t30-/m0/s1. The van der Waals surface area contributed by atoms with Gasteiger partial charge in [0.05, 0.1) is 35.6 Å². The summed E-state index contributed by atoms with van der Waals surface area (Å²) in [6.45, 7) is 5.39. The number of likely N-dealkylation sites (tertiary alicyclic amines) is 2. The van der Waals surface area contributed by atoms with E-state index < -0.39 is 24.6 Å². The summed E-state index contributed by atoms with van der Waals surface area (Å²) in [6, 6.07) is 7.65. The van der Waals surface area contributed by atoms with Crippen molar-refractivity contribution in [2.24, 2.45) is 5.73 Å². The summed E-state index contributed by atoms with van der Waals surface area (Å²) < 4.78 is 17.9. The molecule has 0 bridgehead atoms. The van der Waals surface area contributed by atoms with Gasteiger partial charge in [0.15, 0.2) is 0 Å². The van der Waals surface area contributed by atoms with Gasteiger partial charge < -0.3 is 34.3 Å². The Balaban J connectivity index is 1.15. The van der Waals surface area contributed by atoms with Crippen LogP contribution in [0.25, 0.3) is 22.3 Å². The van der Waals surface area contributed by atoms with E-state index in [0.29, 0.717) is 60.3 Å². The summed E-state index contributed by atoms with van der Waals surface area (Å²) in [5.74, 6) is -1.08. The van der Waals surface area contributed by atoms with Crippen molar-refractivity contribution in [3.05, 3.63) is 56.9 Å². The first-order valence-electron chi connectivity index (χ1n) is 15.9. The summed E-state index contributed by atoms with van der Waals surface area (Å²) in [7, 11) is 0. The smallest absolute Gasteiger partial charge is 0.415 e. The number of piperidine rings is 2. The number of rotatable bonds is 5. The van der Waals surface area contributed by atoms with E-state index in [1.54, 1.807) is 21.6 Å². The fraction of sp³-hybridized carbons (Fsp3) is 0.485. The fourth-order valence-electron chi connectivity index (χ4n) is 7.30. The van der Waals surface area contributed by atoms with Gasteiger partial charge in [-0.2, -0.15) is 0 Å². The second kappa shape index (κ2) is 11.9. The lowest BCUT2D eigenvalue weighted by Crippen LogP contribution is -2.48. The normalized spacial score (nSPS) is 19.9. The van der Waals surface area contributed by atoms with Crippen LogP contribution in [0.2, 0.25) is 0 Å². The molecule has 0 spiro atoms. The Bertz CT molecular complexity index is 1750. The molecule has 2 aromatic heterocycles. The maximum atomic E-state index is 13.6. The van der Waals surface area contributed by atoms with E-state index in [4.69, 9.17) is 24.9 Å². The molecule has 2 fully saturated rings. The number of amides is 1. The molecule has 4 aliphatic rings. The van der Waals surface area contributed by atoms with Gasteiger partial charge in [-0.1, -0.05) is 13.3 Å². The van der Waals surface area contributed by atoms with Gasteiger partial charge in [-0.3, -0.25) is 9.59 Å². The Kier molecular flexibility index (Phi) is 7.78. The molecule has 0 unspecified atom stereocenters. The summed E-state index contributed by atoms with van der Waals surface area (Å²) in [6.07, 6.45) is 4.70. The van der Waals surface area contributed by atoms with E-state index in [0.717, 1.165) is 42.4 Å². The molecule has 1 aromatic carbocycles. The van der Waals surface area contributed by atoms with Gasteiger partial charge in [-0.15, -0.1) is 0 Å². The van der Waals surface area contributed by atoms with Gasteiger partial charge in [-0.25, -0.2) is 14.6 Å². The lowest BCUT2D eigenvalue weighted by molar-refractivity contribution is -0.170. The zero-order chi connectivity index (χ0) is 31.2. The lowest BCUT2D eigenvalue weighted by Gasteiger charge is -2.39. The molecule has 4 aliphatic heterocycles. The third-order valence-electron chi connectivity index (χ3n) is 9.63. The molecule has 12 heteroatoms. The van der Waals surface area contributed by atoms with Gasteiger partial charge >= 0.3 is 18.0 Å². The number of ether oxygens (including phenoxy) is 3. The zero-order valence-corrected chi connectivity index (χ0v) is 25.4. The van der Waals surface area contributed by atoms with Crippen LogP contribution in [-0.4, -0.2) is 76.1 Å². The number of hydrogen-bond acceptors (Lipinski definition) is 10. The van der Waals surface area contributed by atoms with Crippen LogP contribution in [0, 0.1) is 0 Å². The maximum Gasteiger partial charge on any atom is 0.415 e. The van der Waals surface area contributed by atoms with Crippen LogP contribution in [0.3, 0.4) is 0 Å². The van der Waals surface area contributed by atoms with E-state index in [9.17, 15) is 19.2 Å². The molecular weight excluding hydrogens is 578 g/mol. The van der Waals surface area contributed by atoms with E-state index in [1.165, 1.54) is 19.3 Å². The summed E-state index contributed by atoms with van der Waals surface area (Å²) in [5, 5.41) is 0.851. The molecule has 1 atom stereocenters. The van der Waals surface area contributed by atoms with Crippen molar-refractivity contribution in [3.8, 4) is 17.1 Å². The molecule has 2 N–H and O–H groups in total. The van der Waals surface area contributed by atoms with Crippen molar-refractivity contribution in [3.63, 3.8) is 0 Å². The third-order valence-corrected chi connectivity index (χ3v) is 9.63. The second-order valence-electron chi connectivity index (χ2n) is 12.2. The predicted molar refractivity (Wildman–Crippen MR) is 164 cm³/mol. The number of hydrogen-bond donors (Lipinski definition) is 1. The van der Waals surface area contributed by atoms with Crippen molar-refractivity contribution in [2.45, 2.75) is 70.7 Å². The number of benzene rings is 1. The number of carbonyl (C=O) groups excluding carboxylic acids is 3. The van der Waals surface area contributed by atoms with Crippen molar-refractivity contribution >= 4 is 28.9 Å². The van der Waals surface area contributed by atoms with Gasteiger partial charge in [0.2, 0.25) is 6.10 Å². The number of pyridine rings is 2. The fourth-order valence-corrected chi connectivity index (χ4v) is 7.30. The number of nitrogens with two attached hydrogens (primary N) is 1. The highest BCUT2D eigenvalue weighted by molar-refractivity contribution is 5.90. The molecule has 0 radical (unpaired) electrons. The monoisotopic (exact) mass is 615 g/mol. The largest absolute Gasteiger partial charge is 0.458 e. The molecule has 45 heavy (non-hydrogen) atoms. The average molecular weight is 616 g/mol. The number of aryl methyl sites for hydroxylation is 1. The topological polar surface area (TPSA) is 146 Å². The molecule has 2 saturated heterocycles. The van der Waals surface area contributed by atoms with Gasteiger partial charge in [0, 0.05) is 35.6 Å². The van der Waals surface area contributed by atoms with Crippen LogP contribution < -0.4 is 16.0 Å². The molecule has 3 aromatic rings. The Morgan fingerprint density at radius 1 is 1.04 bits per heavy atom. The first-order chi connectivity index (χ1) is 21.9. The average Bonchev–Trinajstić information content (AvgIpc) is 3.43. The number of nitrogens with zero attached hydrogens (tertiary/aromatic N) is 4. The van der Waals surface area contributed by atoms with E-state index in [-0.39, 0.29) is 23.8 Å². The predicted octanol–water partition coefficient (Wildman–Crippen LogP) is 3.04. The minimum atomic E-state index is -1.37. The summed E-state index contributed by atoms with van der Waals surface area (Å²) >= 11 is 0. The number of cyclic esters (lactones) is 1. The second-order valence-corrected chi connectivity index (χ2v) is 12.2. The summed E-state index contributed by atoms with van der Waals surface area (Å²) in [5.41, 5.74) is 9.36. The van der Waals surface area contributed by atoms with E-state index in [2.05, 4.69) is 4.90 Å². The highest BCUT2D eigenvalue weighted by Crippen LogP contribution is 2.39. The van der Waals surface area contributed by atoms with Crippen molar-refractivity contribution in [2.75, 3.05) is 32.7 Å². The molecule has 1 amide bonds. The lowest BCUT2D eigenvalue weighted by atomic mass is 9.97. The van der Waals surface area contributed by atoms with Crippen molar-refractivity contribution in [1.29, 1.82) is 0 Å². The molecule has 6 heterocycles. The molecule has 12 nitrogen and oxygen atoms in total. The SMILES string of the molecule is CCc1c2c(nc3ccc(OC(=O)N4CCC(N5CCCCC5)CC4)cc13)-c1cc3c(c(=O)n1C2)COC(=O)[C@H]3OC(=O)CN. The number of carbonyl (C=O) groups is 3. The molecule has 0 saturated carbocycles. The van der Waals surface area contributed by atoms with Crippen LogP contribution in [0.1, 0.15) is 67.4 Å². The molecule has 236 valence electrons. The zero-order valence-electron chi connectivity index (χ0n) is 25.4. The highest BCUT2D eigenvalue weighted by Gasteiger charge is 2.38. The van der Waals surface area contributed by atoms with Crippen LogP contribution in [0.4, 0.5) is 4.79 Å². The van der Waals surface area contributed by atoms with E-state index in [1.807, 2.05) is 19.1 Å². The van der Waals surface area contributed by atoms with Gasteiger partial charge in [0.25, 0.3) is 5.56 Å². The number of fused-ring (bicyclic) bond motifs is 5. The van der Waals surface area contributed by atoms with Crippen LogP contribution in [-0.2, 0) is 38.6 Å². The first kappa shape index (κ1) is 29.4. The Labute approximate surface area is 260 Å². The minimum Gasteiger partial charge on any atom is -0.458 e. The molecular formula is C33H37N5O7. The third kappa shape index (κ3) is 5.25. The van der Waals surface area contributed by atoms with Crippen molar-refractivity contribution < 1.29 is 28.6 Å². The number of aromatic nitrogens is 2.